The molecule has 0 amide bonds. The normalized spacial score (nSPS) is 11.3. The fraction of sp³-hybridized carbons (Fsp3) is 0.231. The maximum Gasteiger partial charge on any atom is 0.251 e. The van der Waals surface area contributed by atoms with E-state index in [1.807, 2.05) is 6.92 Å². The Morgan fingerprint density at radius 3 is 2.84 bits per heavy atom. The number of imidazole rings is 1. The van der Waals surface area contributed by atoms with Crippen molar-refractivity contribution < 1.29 is 4.39 Å². The maximum absolute atomic E-state index is 13.7. The average molecular weight is 259 g/mol. The van der Waals surface area contributed by atoms with E-state index < -0.39 is 0 Å². The smallest absolute Gasteiger partial charge is 0.251 e. The van der Waals surface area contributed by atoms with E-state index in [4.69, 9.17) is 5.73 Å². The molecule has 2 aromatic heterocycles. The van der Waals surface area contributed by atoms with Gasteiger partial charge >= 0.3 is 0 Å². The van der Waals surface area contributed by atoms with Crippen molar-refractivity contribution in [3.63, 3.8) is 0 Å². The number of benzene rings is 1. The van der Waals surface area contributed by atoms with Gasteiger partial charge in [-0.15, -0.1) is 0 Å². The monoisotopic (exact) mass is 259 g/mol. The van der Waals surface area contributed by atoms with Crippen molar-refractivity contribution in [3.05, 3.63) is 41.5 Å². The van der Waals surface area contributed by atoms with E-state index in [0.717, 1.165) is 11.4 Å². The number of aromatic amines is 1. The van der Waals surface area contributed by atoms with Crippen LogP contribution in [-0.4, -0.2) is 26.1 Å². The van der Waals surface area contributed by atoms with Crippen LogP contribution in [0.15, 0.2) is 24.3 Å². The molecule has 0 radical (unpaired) electrons. The second kappa shape index (κ2) is 4.47. The summed E-state index contributed by atoms with van der Waals surface area (Å²) in [5.41, 5.74) is 7.89. The van der Waals surface area contributed by atoms with Gasteiger partial charge in [0.25, 0.3) is 5.78 Å². The quantitative estimate of drug-likeness (QED) is 0.751. The molecule has 19 heavy (non-hydrogen) atoms. The number of aromatic nitrogens is 4. The Balaban J connectivity index is 2.15. The molecule has 2 heterocycles. The van der Waals surface area contributed by atoms with Gasteiger partial charge in [0.2, 0.25) is 0 Å². The van der Waals surface area contributed by atoms with Crippen molar-refractivity contribution in [1.82, 2.24) is 19.6 Å². The third kappa shape index (κ3) is 1.90. The summed E-state index contributed by atoms with van der Waals surface area (Å²) >= 11 is 0. The van der Waals surface area contributed by atoms with E-state index in [1.54, 1.807) is 22.7 Å². The second-order valence-electron chi connectivity index (χ2n) is 4.37. The minimum Gasteiger partial charge on any atom is -0.330 e. The van der Waals surface area contributed by atoms with E-state index in [1.165, 1.54) is 6.07 Å². The molecule has 0 aliphatic heterocycles. The van der Waals surface area contributed by atoms with Crippen LogP contribution in [0.3, 0.4) is 0 Å². The van der Waals surface area contributed by atoms with Gasteiger partial charge in [-0.3, -0.25) is 5.10 Å². The van der Waals surface area contributed by atoms with E-state index in [2.05, 4.69) is 15.1 Å². The Kier molecular flexibility index (Phi) is 2.79. The van der Waals surface area contributed by atoms with Gasteiger partial charge < -0.3 is 5.73 Å². The Labute approximate surface area is 109 Å². The number of hydrogen-bond donors (Lipinski definition) is 2. The highest BCUT2D eigenvalue weighted by Crippen LogP contribution is 2.21. The lowest BCUT2D eigenvalue weighted by molar-refractivity contribution is 0.630. The highest BCUT2D eigenvalue weighted by atomic mass is 19.1. The number of nitrogens with zero attached hydrogens (tertiary/aromatic N) is 3. The van der Waals surface area contributed by atoms with Crippen LogP contribution in [0.1, 0.15) is 11.4 Å². The van der Waals surface area contributed by atoms with Crippen LogP contribution in [0, 0.1) is 12.7 Å². The zero-order valence-electron chi connectivity index (χ0n) is 10.5. The largest absolute Gasteiger partial charge is 0.330 e. The lowest BCUT2D eigenvalue weighted by atomic mass is 10.2. The van der Waals surface area contributed by atoms with Crippen LogP contribution in [0.4, 0.5) is 4.39 Å². The molecule has 3 rings (SSSR count). The zero-order chi connectivity index (χ0) is 13.4. The summed E-state index contributed by atoms with van der Waals surface area (Å²) in [5.74, 6) is 0.703. The summed E-state index contributed by atoms with van der Waals surface area (Å²) in [5, 5.41) is 3.07. The van der Waals surface area contributed by atoms with Gasteiger partial charge in [0.15, 0.2) is 5.82 Å². The Morgan fingerprint density at radius 1 is 1.32 bits per heavy atom. The predicted molar refractivity (Wildman–Crippen MR) is 70.2 cm³/mol. The summed E-state index contributed by atoms with van der Waals surface area (Å²) < 4.78 is 15.5. The highest BCUT2D eigenvalue weighted by molar-refractivity contribution is 5.58. The van der Waals surface area contributed by atoms with Crippen molar-refractivity contribution in [2.45, 2.75) is 13.3 Å². The Morgan fingerprint density at radius 2 is 2.11 bits per heavy atom. The molecule has 0 unspecified atom stereocenters. The number of nitrogens with one attached hydrogen (secondary N) is 1. The summed E-state index contributed by atoms with van der Waals surface area (Å²) in [7, 11) is 0. The molecule has 3 aromatic rings. The van der Waals surface area contributed by atoms with Crippen LogP contribution in [-0.2, 0) is 6.42 Å². The minimum absolute atomic E-state index is 0.309. The van der Waals surface area contributed by atoms with Gasteiger partial charge in [-0.05, 0) is 25.6 Å². The lowest BCUT2D eigenvalue weighted by Crippen LogP contribution is -2.06. The minimum atomic E-state index is -0.309. The molecule has 0 atom stereocenters. The van der Waals surface area contributed by atoms with Crippen molar-refractivity contribution in [1.29, 1.82) is 0 Å². The topological polar surface area (TPSA) is 72.0 Å². The fourth-order valence-electron chi connectivity index (χ4n) is 2.17. The van der Waals surface area contributed by atoms with Crippen LogP contribution < -0.4 is 5.73 Å². The number of H-pyrrole nitrogens is 1. The molecule has 98 valence electrons. The first-order chi connectivity index (χ1) is 9.20. The van der Waals surface area contributed by atoms with Gasteiger partial charge in [0.05, 0.1) is 17.0 Å². The van der Waals surface area contributed by atoms with E-state index >= 15 is 0 Å². The third-order valence-electron chi connectivity index (χ3n) is 3.09. The molecule has 0 saturated heterocycles. The second-order valence-corrected chi connectivity index (χ2v) is 4.37. The average Bonchev–Trinajstić information content (AvgIpc) is 2.90. The molecule has 1 aromatic carbocycles. The molecule has 0 bridgehead atoms. The molecule has 3 N–H and O–H groups in total. The number of fused-ring (bicyclic) bond motifs is 1. The summed E-state index contributed by atoms with van der Waals surface area (Å²) in [4.78, 5) is 8.67. The number of aryl methyl sites for hydroxylation is 1. The van der Waals surface area contributed by atoms with Crippen molar-refractivity contribution in [2.75, 3.05) is 6.54 Å². The van der Waals surface area contributed by atoms with Crippen LogP contribution in [0.25, 0.3) is 17.2 Å². The SMILES string of the molecule is Cc1nc2nc(-c3ccccc3F)[nH]n2c1CCN. The van der Waals surface area contributed by atoms with Gasteiger partial charge in [-0.2, -0.15) is 4.98 Å². The molecule has 0 fully saturated rings. The number of rotatable bonds is 3. The first kappa shape index (κ1) is 11.9. The maximum atomic E-state index is 13.7. The highest BCUT2D eigenvalue weighted by Gasteiger charge is 2.14. The first-order valence-corrected chi connectivity index (χ1v) is 6.09. The number of halogens is 1. The van der Waals surface area contributed by atoms with Crippen molar-refractivity contribution in [3.8, 4) is 11.4 Å². The van der Waals surface area contributed by atoms with Crippen molar-refractivity contribution in [2.24, 2.45) is 5.73 Å². The zero-order valence-corrected chi connectivity index (χ0v) is 10.5. The first-order valence-electron chi connectivity index (χ1n) is 6.09. The van der Waals surface area contributed by atoms with E-state index in [-0.39, 0.29) is 5.82 Å². The summed E-state index contributed by atoms with van der Waals surface area (Å²) in [6.07, 6.45) is 0.700. The third-order valence-corrected chi connectivity index (χ3v) is 3.09. The van der Waals surface area contributed by atoms with Crippen LogP contribution in [0.2, 0.25) is 0 Å². The van der Waals surface area contributed by atoms with Gasteiger partial charge in [-0.1, -0.05) is 12.1 Å². The Hall–Kier alpha value is -2.21. The molecule has 0 aliphatic carbocycles. The lowest BCUT2D eigenvalue weighted by Gasteiger charge is -1.99. The molecule has 0 aliphatic rings. The van der Waals surface area contributed by atoms with Crippen LogP contribution >= 0.6 is 0 Å². The molecule has 5 nitrogen and oxygen atoms in total. The van der Waals surface area contributed by atoms with E-state index in [9.17, 15) is 4.39 Å². The summed E-state index contributed by atoms with van der Waals surface area (Å²) in [6.45, 7) is 2.44. The van der Waals surface area contributed by atoms with Gasteiger partial charge in [-0.25, -0.2) is 13.9 Å². The van der Waals surface area contributed by atoms with Gasteiger partial charge in [0, 0.05) is 6.42 Å². The molecular formula is C13H14FN5. The van der Waals surface area contributed by atoms with E-state index in [0.29, 0.717) is 30.1 Å². The van der Waals surface area contributed by atoms with Crippen LogP contribution in [0.5, 0.6) is 0 Å². The molecular weight excluding hydrogens is 245 g/mol. The number of nitrogens with two attached hydrogens (primary N) is 1. The van der Waals surface area contributed by atoms with Crippen molar-refractivity contribution >= 4 is 5.78 Å². The Bertz CT molecular complexity index is 728. The molecule has 0 spiro atoms. The fourth-order valence-corrected chi connectivity index (χ4v) is 2.17. The van der Waals surface area contributed by atoms with Gasteiger partial charge in [0.1, 0.15) is 5.82 Å². The number of hydrogen-bond acceptors (Lipinski definition) is 3. The predicted octanol–water partition coefficient (Wildman–Crippen LogP) is 1.67. The molecule has 0 saturated carbocycles. The standard InChI is InChI=1S/C13H14FN5/c1-8-11(6-7-15)19-13(16-8)17-12(18-19)9-4-2-3-5-10(9)14/h2-5H,6-7,15H2,1H3,(H,16,17,18). The summed E-state index contributed by atoms with van der Waals surface area (Å²) in [6, 6.07) is 6.52. The molecule has 6 heteroatoms.